The van der Waals surface area contributed by atoms with Crippen molar-refractivity contribution in [2.75, 3.05) is 0 Å². The Balaban J connectivity index is 2.73. The Bertz CT molecular complexity index is 242. The molecule has 0 atom stereocenters. The minimum atomic E-state index is -1.00. The lowest BCUT2D eigenvalue weighted by molar-refractivity contribution is -0.149. The molecular weight excluding hydrogens is 182 g/mol. The average molecular weight is 199 g/mol. The van der Waals surface area contributed by atoms with E-state index in [-0.39, 0.29) is 5.91 Å². The SMILES string of the molecule is CC(=O)NC1(C(=O)O)CCC(C)CC1. The van der Waals surface area contributed by atoms with Crippen LogP contribution in [-0.2, 0) is 9.59 Å². The molecule has 1 aliphatic rings. The first kappa shape index (κ1) is 11.0. The molecule has 1 fully saturated rings. The molecule has 0 heterocycles. The molecule has 1 amide bonds. The zero-order valence-corrected chi connectivity index (χ0v) is 8.67. The smallest absolute Gasteiger partial charge is 0.329 e. The lowest BCUT2D eigenvalue weighted by atomic mass is 9.77. The molecule has 14 heavy (non-hydrogen) atoms. The Morgan fingerprint density at radius 1 is 1.36 bits per heavy atom. The van der Waals surface area contributed by atoms with Crippen molar-refractivity contribution in [2.24, 2.45) is 5.92 Å². The van der Waals surface area contributed by atoms with E-state index in [4.69, 9.17) is 5.11 Å². The normalized spacial score (nSPS) is 32.3. The van der Waals surface area contributed by atoms with Crippen LogP contribution in [0.25, 0.3) is 0 Å². The fraction of sp³-hybridized carbons (Fsp3) is 0.800. The molecule has 4 heteroatoms. The largest absolute Gasteiger partial charge is 0.480 e. The maximum Gasteiger partial charge on any atom is 0.329 e. The monoisotopic (exact) mass is 199 g/mol. The first-order valence-corrected chi connectivity index (χ1v) is 4.98. The fourth-order valence-electron chi connectivity index (χ4n) is 1.98. The second-order valence-electron chi connectivity index (χ2n) is 4.25. The quantitative estimate of drug-likeness (QED) is 0.701. The van der Waals surface area contributed by atoms with Crippen molar-refractivity contribution in [1.29, 1.82) is 0 Å². The highest BCUT2D eigenvalue weighted by Crippen LogP contribution is 2.32. The van der Waals surface area contributed by atoms with Crippen molar-refractivity contribution in [1.82, 2.24) is 5.32 Å². The summed E-state index contributed by atoms with van der Waals surface area (Å²) in [6.45, 7) is 3.47. The molecule has 1 rings (SSSR count). The van der Waals surface area contributed by atoms with E-state index in [0.717, 1.165) is 12.8 Å². The third kappa shape index (κ3) is 2.25. The van der Waals surface area contributed by atoms with Gasteiger partial charge < -0.3 is 10.4 Å². The van der Waals surface area contributed by atoms with Gasteiger partial charge in [0.2, 0.25) is 5.91 Å². The van der Waals surface area contributed by atoms with Gasteiger partial charge in [-0.3, -0.25) is 4.79 Å². The van der Waals surface area contributed by atoms with Crippen LogP contribution in [0.15, 0.2) is 0 Å². The van der Waals surface area contributed by atoms with Gasteiger partial charge in [0.05, 0.1) is 0 Å². The van der Waals surface area contributed by atoms with E-state index in [1.165, 1.54) is 6.92 Å². The van der Waals surface area contributed by atoms with Crippen LogP contribution in [0.3, 0.4) is 0 Å². The molecule has 0 spiro atoms. The minimum absolute atomic E-state index is 0.262. The molecule has 0 radical (unpaired) electrons. The standard InChI is InChI=1S/C10H17NO3/c1-7-3-5-10(6-4-7,9(13)14)11-8(2)12/h7H,3-6H2,1-2H3,(H,11,12)(H,13,14). The minimum Gasteiger partial charge on any atom is -0.480 e. The summed E-state index contributed by atoms with van der Waals surface area (Å²) in [7, 11) is 0. The van der Waals surface area contributed by atoms with Gasteiger partial charge in [-0.25, -0.2) is 4.79 Å². The van der Waals surface area contributed by atoms with Gasteiger partial charge in [-0.15, -0.1) is 0 Å². The Kier molecular flexibility index (Phi) is 3.13. The van der Waals surface area contributed by atoms with Crippen LogP contribution in [0.4, 0.5) is 0 Å². The molecule has 80 valence electrons. The van der Waals surface area contributed by atoms with E-state index in [9.17, 15) is 9.59 Å². The van der Waals surface area contributed by atoms with Crippen molar-refractivity contribution in [3.63, 3.8) is 0 Å². The van der Waals surface area contributed by atoms with E-state index >= 15 is 0 Å². The van der Waals surface area contributed by atoms with Crippen LogP contribution in [-0.4, -0.2) is 22.5 Å². The molecule has 1 aliphatic carbocycles. The summed E-state index contributed by atoms with van der Waals surface area (Å²) in [6, 6.07) is 0. The first-order chi connectivity index (χ1) is 6.46. The van der Waals surface area contributed by atoms with Gasteiger partial charge in [0.15, 0.2) is 0 Å². The molecule has 0 aromatic heterocycles. The number of hydrogen-bond acceptors (Lipinski definition) is 2. The third-order valence-corrected chi connectivity index (χ3v) is 2.95. The Labute approximate surface area is 83.7 Å². The number of nitrogens with one attached hydrogen (secondary N) is 1. The van der Waals surface area contributed by atoms with Crippen LogP contribution in [0, 0.1) is 5.92 Å². The van der Waals surface area contributed by atoms with Crippen molar-refractivity contribution in [3.8, 4) is 0 Å². The molecule has 0 bridgehead atoms. The summed E-state index contributed by atoms with van der Waals surface area (Å²) in [5.74, 6) is -0.599. The maximum absolute atomic E-state index is 11.1. The van der Waals surface area contributed by atoms with E-state index < -0.39 is 11.5 Å². The zero-order valence-electron chi connectivity index (χ0n) is 8.67. The fourth-order valence-corrected chi connectivity index (χ4v) is 1.98. The van der Waals surface area contributed by atoms with E-state index in [0.29, 0.717) is 18.8 Å². The molecule has 2 N–H and O–H groups in total. The molecule has 1 saturated carbocycles. The van der Waals surface area contributed by atoms with Gasteiger partial charge in [-0.2, -0.15) is 0 Å². The Morgan fingerprint density at radius 2 is 1.86 bits per heavy atom. The second kappa shape index (κ2) is 3.98. The number of rotatable bonds is 2. The van der Waals surface area contributed by atoms with Gasteiger partial charge in [0, 0.05) is 6.92 Å². The first-order valence-electron chi connectivity index (χ1n) is 4.98. The van der Waals surface area contributed by atoms with Gasteiger partial charge in [0.25, 0.3) is 0 Å². The number of carboxylic acid groups (broad SMARTS) is 1. The van der Waals surface area contributed by atoms with Crippen LogP contribution >= 0.6 is 0 Å². The molecule has 0 aromatic carbocycles. The van der Waals surface area contributed by atoms with Crippen LogP contribution < -0.4 is 5.32 Å². The van der Waals surface area contributed by atoms with Crippen molar-refractivity contribution in [3.05, 3.63) is 0 Å². The summed E-state index contributed by atoms with van der Waals surface area (Å²) in [5.41, 5.74) is -1.00. The van der Waals surface area contributed by atoms with Gasteiger partial charge >= 0.3 is 5.97 Å². The predicted octanol–water partition coefficient (Wildman–Crippen LogP) is 1.16. The summed E-state index contributed by atoms with van der Waals surface area (Å²) >= 11 is 0. The zero-order chi connectivity index (χ0) is 10.8. The van der Waals surface area contributed by atoms with Crippen LogP contribution in [0.5, 0.6) is 0 Å². The maximum atomic E-state index is 11.1. The van der Waals surface area contributed by atoms with Crippen molar-refractivity contribution < 1.29 is 14.7 Å². The lowest BCUT2D eigenvalue weighted by Crippen LogP contribution is -2.55. The number of carboxylic acids is 1. The lowest BCUT2D eigenvalue weighted by Gasteiger charge is -2.36. The average Bonchev–Trinajstić information content (AvgIpc) is 2.08. The summed E-state index contributed by atoms with van der Waals surface area (Å²) in [4.78, 5) is 22.0. The third-order valence-electron chi connectivity index (χ3n) is 2.95. The van der Waals surface area contributed by atoms with Gasteiger partial charge in [-0.1, -0.05) is 6.92 Å². The Morgan fingerprint density at radius 3 is 2.21 bits per heavy atom. The van der Waals surface area contributed by atoms with Crippen molar-refractivity contribution >= 4 is 11.9 Å². The number of aliphatic carboxylic acids is 1. The summed E-state index contributed by atoms with van der Waals surface area (Å²) in [5, 5.41) is 11.7. The number of hydrogen-bond donors (Lipinski definition) is 2. The second-order valence-corrected chi connectivity index (χ2v) is 4.25. The molecule has 0 aromatic rings. The highest BCUT2D eigenvalue weighted by atomic mass is 16.4. The highest BCUT2D eigenvalue weighted by Gasteiger charge is 2.41. The van der Waals surface area contributed by atoms with Crippen molar-refractivity contribution in [2.45, 2.75) is 45.1 Å². The number of carbonyl (C=O) groups excluding carboxylic acids is 1. The Hall–Kier alpha value is -1.06. The highest BCUT2D eigenvalue weighted by molar-refractivity contribution is 5.86. The molecule has 0 unspecified atom stereocenters. The van der Waals surface area contributed by atoms with Crippen LogP contribution in [0.2, 0.25) is 0 Å². The molecule has 0 saturated heterocycles. The van der Waals surface area contributed by atoms with Crippen LogP contribution in [0.1, 0.15) is 39.5 Å². The van der Waals surface area contributed by atoms with E-state index in [1.54, 1.807) is 0 Å². The topological polar surface area (TPSA) is 66.4 Å². The molecule has 0 aliphatic heterocycles. The summed E-state index contributed by atoms with van der Waals surface area (Å²) < 4.78 is 0. The van der Waals surface area contributed by atoms with Gasteiger partial charge in [-0.05, 0) is 31.6 Å². The molecule has 4 nitrogen and oxygen atoms in total. The number of carbonyl (C=O) groups is 2. The van der Waals surface area contributed by atoms with Gasteiger partial charge in [0.1, 0.15) is 5.54 Å². The number of amides is 1. The van der Waals surface area contributed by atoms with E-state index in [2.05, 4.69) is 12.2 Å². The summed E-state index contributed by atoms with van der Waals surface area (Å²) in [6.07, 6.45) is 2.82. The van der Waals surface area contributed by atoms with E-state index in [1.807, 2.05) is 0 Å². The molecular formula is C10H17NO3. The predicted molar refractivity (Wildman–Crippen MR) is 51.8 cm³/mol.